The Hall–Kier alpha value is -0.0400. The summed E-state index contributed by atoms with van der Waals surface area (Å²) >= 11 is 0. The molecular weight excluding hydrogens is 98.1 g/mol. The smallest absolute Gasteiger partial charge is 0.0211 e. The van der Waals surface area contributed by atoms with Crippen LogP contribution >= 0.6 is 0 Å². The van der Waals surface area contributed by atoms with Gasteiger partial charge in [-0.05, 0) is 31.7 Å². The molecule has 2 fully saturated rings. The van der Waals surface area contributed by atoms with Gasteiger partial charge in [0, 0.05) is 5.54 Å². The minimum absolute atomic E-state index is 0.653. The Morgan fingerprint density at radius 2 is 2.62 bits per heavy atom. The molecule has 2 atom stereocenters. The van der Waals surface area contributed by atoms with E-state index in [1.165, 1.54) is 25.8 Å². The second-order valence-corrected chi connectivity index (χ2v) is 3.13. The minimum atomic E-state index is 0.653. The van der Waals surface area contributed by atoms with Gasteiger partial charge < -0.3 is 5.32 Å². The summed E-state index contributed by atoms with van der Waals surface area (Å²) in [5, 5.41) is 3.56. The normalized spacial score (nSPS) is 51.4. The summed E-state index contributed by atoms with van der Waals surface area (Å²) in [7, 11) is 0. The third-order valence-corrected chi connectivity index (χ3v) is 2.83. The predicted molar refractivity (Wildman–Crippen MR) is 33.7 cm³/mol. The van der Waals surface area contributed by atoms with Crippen LogP contribution in [-0.4, -0.2) is 12.1 Å². The average molecular weight is 111 g/mol. The zero-order chi connectivity index (χ0) is 5.61. The Balaban J connectivity index is 2.08. The highest BCUT2D eigenvalue weighted by molar-refractivity contribution is 5.13. The monoisotopic (exact) mass is 111 g/mol. The lowest BCUT2D eigenvalue weighted by Crippen LogP contribution is -2.26. The molecule has 1 aliphatic carbocycles. The lowest BCUT2D eigenvalue weighted by molar-refractivity contribution is 0.531. The molecule has 2 rings (SSSR count). The molecule has 0 radical (unpaired) electrons. The van der Waals surface area contributed by atoms with Gasteiger partial charge in [-0.2, -0.15) is 0 Å². The summed E-state index contributed by atoms with van der Waals surface area (Å²) in [5.41, 5.74) is 0.653. The third-order valence-electron chi connectivity index (χ3n) is 2.83. The Bertz CT molecular complexity index is 107. The number of rotatable bonds is 1. The van der Waals surface area contributed by atoms with Gasteiger partial charge in [-0.3, -0.25) is 0 Å². The lowest BCUT2D eigenvalue weighted by atomic mass is 10.2. The SMILES string of the molecule is CC[C@@]12CC1CCN2. The van der Waals surface area contributed by atoms with Gasteiger partial charge in [-0.15, -0.1) is 0 Å². The first-order valence-corrected chi connectivity index (χ1v) is 3.62. The van der Waals surface area contributed by atoms with Crippen LogP contribution in [0.25, 0.3) is 0 Å². The summed E-state index contributed by atoms with van der Waals surface area (Å²) in [5.74, 6) is 1.06. The van der Waals surface area contributed by atoms with E-state index < -0.39 is 0 Å². The maximum Gasteiger partial charge on any atom is 0.0211 e. The fourth-order valence-corrected chi connectivity index (χ4v) is 2.03. The van der Waals surface area contributed by atoms with Crippen LogP contribution in [0.15, 0.2) is 0 Å². The fourth-order valence-electron chi connectivity index (χ4n) is 2.03. The minimum Gasteiger partial charge on any atom is -0.311 e. The second kappa shape index (κ2) is 1.27. The average Bonchev–Trinajstić information content (AvgIpc) is 2.38. The Morgan fingerprint density at radius 3 is 2.88 bits per heavy atom. The van der Waals surface area contributed by atoms with Gasteiger partial charge in [0.15, 0.2) is 0 Å². The molecule has 0 spiro atoms. The van der Waals surface area contributed by atoms with Crippen molar-refractivity contribution in [3.8, 4) is 0 Å². The molecule has 0 bridgehead atoms. The predicted octanol–water partition coefficient (Wildman–Crippen LogP) is 1.15. The molecule has 0 aromatic heterocycles. The number of fused-ring (bicyclic) bond motifs is 1. The van der Waals surface area contributed by atoms with Gasteiger partial charge in [-0.25, -0.2) is 0 Å². The van der Waals surface area contributed by atoms with Crippen molar-refractivity contribution in [2.24, 2.45) is 5.92 Å². The van der Waals surface area contributed by atoms with E-state index in [4.69, 9.17) is 0 Å². The van der Waals surface area contributed by atoms with Gasteiger partial charge in [0.1, 0.15) is 0 Å². The van der Waals surface area contributed by atoms with E-state index in [-0.39, 0.29) is 0 Å². The summed E-state index contributed by atoms with van der Waals surface area (Å²) in [4.78, 5) is 0. The first-order chi connectivity index (χ1) is 3.87. The summed E-state index contributed by atoms with van der Waals surface area (Å²) in [6.07, 6.45) is 4.25. The van der Waals surface area contributed by atoms with Gasteiger partial charge in [0.25, 0.3) is 0 Å². The molecule has 1 saturated carbocycles. The number of hydrogen-bond acceptors (Lipinski definition) is 1. The largest absolute Gasteiger partial charge is 0.311 e. The van der Waals surface area contributed by atoms with Gasteiger partial charge in [0.05, 0.1) is 0 Å². The van der Waals surface area contributed by atoms with Crippen LogP contribution in [0.2, 0.25) is 0 Å². The lowest BCUT2D eigenvalue weighted by Gasteiger charge is -2.07. The highest BCUT2D eigenvalue weighted by Gasteiger charge is 2.55. The molecule has 0 aromatic carbocycles. The quantitative estimate of drug-likeness (QED) is 0.535. The van der Waals surface area contributed by atoms with Crippen LogP contribution in [-0.2, 0) is 0 Å². The van der Waals surface area contributed by atoms with Crippen LogP contribution in [0.3, 0.4) is 0 Å². The van der Waals surface area contributed by atoms with Crippen LogP contribution in [0.4, 0.5) is 0 Å². The van der Waals surface area contributed by atoms with Gasteiger partial charge in [-0.1, -0.05) is 6.92 Å². The van der Waals surface area contributed by atoms with E-state index in [1.807, 2.05) is 0 Å². The van der Waals surface area contributed by atoms with Crippen molar-refractivity contribution in [3.05, 3.63) is 0 Å². The number of nitrogens with one attached hydrogen (secondary N) is 1. The highest BCUT2D eigenvalue weighted by atomic mass is 15.1. The van der Waals surface area contributed by atoms with Gasteiger partial charge >= 0.3 is 0 Å². The van der Waals surface area contributed by atoms with Crippen molar-refractivity contribution in [1.82, 2.24) is 5.32 Å². The van der Waals surface area contributed by atoms with Crippen LogP contribution in [0.5, 0.6) is 0 Å². The molecule has 46 valence electrons. The van der Waals surface area contributed by atoms with Crippen molar-refractivity contribution >= 4 is 0 Å². The molecule has 1 unspecified atom stereocenters. The summed E-state index contributed by atoms with van der Waals surface area (Å²) < 4.78 is 0. The molecular formula is C7H13N. The van der Waals surface area contributed by atoms with E-state index in [2.05, 4.69) is 12.2 Å². The molecule has 1 saturated heterocycles. The second-order valence-electron chi connectivity index (χ2n) is 3.13. The highest BCUT2D eigenvalue weighted by Crippen LogP contribution is 2.51. The fraction of sp³-hybridized carbons (Fsp3) is 1.00. The van der Waals surface area contributed by atoms with E-state index in [0.29, 0.717) is 5.54 Å². The molecule has 1 N–H and O–H groups in total. The summed E-state index contributed by atoms with van der Waals surface area (Å²) in [6.45, 7) is 3.57. The molecule has 1 aliphatic heterocycles. The zero-order valence-electron chi connectivity index (χ0n) is 5.41. The van der Waals surface area contributed by atoms with Gasteiger partial charge in [0.2, 0.25) is 0 Å². The van der Waals surface area contributed by atoms with Crippen molar-refractivity contribution in [1.29, 1.82) is 0 Å². The standard InChI is InChI=1S/C7H13N/c1-2-7-5-6(7)3-4-8-7/h6,8H,2-5H2,1H3/t6?,7-/m1/s1. The van der Waals surface area contributed by atoms with E-state index in [0.717, 1.165) is 5.92 Å². The topological polar surface area (TPSA) is 12.0 Å². The molecule has 1 nitrogen and oxygen atoms in total. The Labute approximate surface area is 50.5 Å². The Kier molecular flexibility index (Phi) is 0.762. The van der Waals surface area contributed by atoms with Crippen molar-refractivity contribution in [2.75, 3.05) is 6.54 Å². The molecule has 0 aromatic rings. The Morgan fingerprint density at radius 1 is 1.75 bits per heavy atom. The zero-order valence-corrected chi connectivity index (χ0v) is 5.41. The maximum atomic E-state index is 3.56. The van der Waals surface area contributed by atoms with Crippen LogP contribution < -0.4 is 5.32 Å². The van der Waals surface area contributed by atoms with Crippen LogP contribution in [0, 0.1) is 5.92 Å². The molecule has 8 heavy (non-hydrogen) atoms. The van der Waals surface area contributed by atoms with Crippen molar-refractivity contribution in [3.63, 3.8) is 0 Å². The summed E-state index contributed by atoms with van der Waals surface area (Å²) in [6, 6.07) is 0. The maximum absolute atomic E-state index is 3.56. The molecule has 2 aliphatic rings. The third kappa shape index (κ3) is 0.408. The van der Waals surface area contributed by atoms with E-state index >= 15 is 0 Å². The molecule has 1 heterocycles. The van der Waals surface area contributed by atoms with Crippen molar-refractivity contribution < 1.29 is 0 Å². The molecule has 0 amide bonds. The first kappa shape index (κ1) is 4.80. The van der Waals surface area contributed by atoms with E-state index in [9.17, 15) is 0 Å². The number of hydrogen-bond donors (Lipinski definition) is 1. The first-order valence-electron chi connectivity index (χ1n) is 3.62. The van der Waals surface area contributed by atoms with Crippen molar-refractivity contribution in [2.45, 2.75) is 31.7 Å². The van der Waals surface area contributed by atoms with E-state index in [1.54, 1.807) is 0 Å². The molecule has 1 heteroatoms. The van der Waals surface area contributed by atoms with Crippen LogP contribution in [0.1, 0.15) is 26.2 Å². The number of piperidine rings is 1.